The maximum Gasteiger partial charge on any atom is 0.573 e. The zero-order valence-electron chi connectivity index (χ0n) is 12.0. The molecule has 0 saturated carbocycles. The molecular weight excluding hydrogens is 367 g/mol. The number of aromatic nitrogens is 1. The molecule has 0 spiro atoms. The number of nitrogens with zero attached hydrogens (tertiary/aromatic N) is 1. The van der Waals surface area contributed by atoms with Gasteiger partial charge in [0, 0.05) is 11.1 Å². The van der Waals surface area contributed by atoms with Gasteiger partial charge in [-0.1, -0.05) is 11.6 Å². The number of anilines is 1. The van der Waals surface area contributed by atoms with Gasteiger partial charge in [0.05, 0.1) is 16.8 Å². The van der Waals surface area contributed by atoms with E-state index in [1.807, 2.05) is 5.32 Å². The number of pyridine rings is 1. The van der Waals surface area contributed by atoms with Crippen molar-refractivity contribution in [2.75, 3.05) is 5.73 Å². The van der Waals surface area contributed by atoms with Crippen molar-refractivity contribution in [2.24, 2.45) is 0 Å². The number of hydrogen-bond donors (Lipinski definition) is 2. The SMILES string of the molecule is Nc1c2c(cc(=O)n1-c1cc(Cl)ccc1OC(F)(F)F)C(=O)NC2=O. The van der Waals surface area contributed by atoms with E-state index in [4.69, 9.17) is 17.3 Å². The molecule has 130 valence electrons. The van der Waals surface area contributed by atoms with Crippen LogP contribution in [0.2, 0.25) is 5.02 Å². The highest BCUT2D eigenvalue weighted by Crippen LogP contribution is 2.33. The minimum absolute atomic E-state index is 0.00292. The Bertz CT molecular complexity index is 985. The maximum absolute atomic E-state index is 12.6. The Hall–Kier alpha value is -3.01. The first-order chi connectivity index (χ1) is 11.6. The number of nitrogen functional groups attached to an aromatic ring is 1. The Morgan fingerprint density at radius 3 is 2.44 bits per heavy atom. The van der Waals surface area contributed by atoms with Crippen LogP contribution in [0.5, 0.6) is 5.75 Å². The standard InChI is InChI=1S/C14H7ClF3N3O4/c15-5-1-2-8(25-14(16,17)18)7(3-5)21-9(22)4-6-10(11(21)19)13(24)20-12(6)23/h1-4H,19H2,(H,20,23,24). The van der Waals surface area contributed by atoms with Crippen LogP contribution in [0.4, 0.5) is 19.0 Å². The van der Waals surface area contributed by atoms with E-state index < -0.39 is 41.0 Å². The van der Waals surface area contributed by atoms with Crippen molar-refractivity contribution in [1.29, 1.82) is 0 Å². The molecule has 3 rings (SSSR count). The predicted octanol–water partition coefficient (Wildman–Crippen LogP) is 1.86. The molecule has 0 aliphatic carbocycles. The van der Waals surface area contributed by atoms with Crippen molar-refractivity contribution >= 4 is 29.2 Å². The largest absolute Gasteiger partial charge is 0.573 e. The third kappa shape index (κ3) is 2.91. The lowest BCUT2D eigenvalue weighted by molar-refractivity contribution is -0.274. The van der Waals surface area contributed by atoms with Crippen LogP contribution in [0.15, 0.2) is 29.1 Å². The number of halogens is 4. The molecule has 3 N–H and O–H groups in total. The number of ether oxygens (including phenoxy) is 1. The average molecular weight is 374 g/mol. The van der Waals surface area contributed by atoms with E-state index in [-0.39, 0.29) is 16.1 Å². The Balaban J connectivity index is 2.30. The fourth-order valence-corrected chi connectivity index (χ4v) is 2.57. The molecule has 11 heteroatoms. The van der Waals surface area contributed by atoms with E-state index in [9.17, 15) is 27.6 Å². The van der Waals surface area contributed by atoms with Crippen LogP contribution in [0.1, 0.15) is 20.7 Å². The van der Waals surface area contributed by atoms with Gasteiger partial charge in [-0.3, -0.25) is 24.3 Å². The number of carbonyl (C=O) groups excluding carboxylic acids is 2. The smallest absolute Gasteiger partial charge is 0.404 e. The molecule has 25 heavy (non-hydrogen) atoms. The number of amides is 2. The molecular formula is C14H7ClF3N3O4. The molecule has 0 radical (unpaired) electrons. The topological polar surface area (TPSA) is 103 Å². The highest BCUT2D eigenvalue weighted by Gasteiger charge is 2.35. The second-order valence-corrected chi connectivity index (χ2v) is 5.37. The van der Waals surface area contributed by atoms with E-state index in [1.54, 1.807) is 0 Å². The number of hydrogen-bond acceptors (Lipinski definition) is 5. The normalized spacial score (nSPS) is 13.6. The molecule has 0 atom stereocenters. The van der Waals surface area contributed by atoms with Gasteiger partial charge in [-0.2, -0.15) is 0 Å². The first-order valence-corrected chi connectivity index (χ1v) is 6.93. The van der Waals surface area contributed by atoms with Gasteiger partial charge in [-0.25, -0.2) is 0 Å². The summed E-state index contributed by atoms with van der Waals surface area (Å²) in [5.74, 6) is -2.96. The fourth-order valence-electron chi connectivity index (χ4n) is 2.40. The Labute approximate surface area is 141 Å². The Morgan fingerprint density at radius 2 is 1.80 bits per heavy atom. The number of rotatable bonds is 2. The monoisotopic (exact) mass is 373 g/mol. The minimum atomic E-state index is -5.04. The number of fused-ring (bicyclic) bond motifs is 1. The first kappa shape index (κ1) is 16.8. The molecule has 2 aromatic rings. The van der Waals surface area contributed by atoms with Crippen LogP contribution < -0.4 is 21.3 Å². The highest BCUT2D eigenvalue weighted by atomic mass is 35.5. The fraction of sp³-hybridized carbons (Fsp3) is 0.0714. The van der Waals surface area contributed by atoms with E-state index in [0.717, 1.165) is 24.3 Å². The summed E-state index contributed by atoms with van der Waals surface area (Å²) in [5, 5.41) is 1.94. The lowest BCUT2D eigenvalue weighted by Gasteiger charge is -2.17. The summed E-state index contributed by atoms with van der Waals surface area (Å²) in [5.41, 5.74) is 3.83. The van der Waals surface area contributed by atoms with Gasteiger partial charge in [0.1, 0.15) is 5.82 Å². The average Bonchev–Trinajstić information content (AvgIpc) is 2.75. The van der Waals surface area contributed by atoms with Gasteiger partial charge < -0.3 is 10.5 Å². The predicted molar refractivity (Wildman–Crippen MR) is 79.9 cm³/mol. The number of nitrogens with one attached hydrogen (secondary N) is 1. The zero-order valence-corrected chi connectivity index (χ0v) is 12.7. The van der Waals surface area contributed by atoms with Crippen molar-refractivity contribution < 1.29 is 27.5 Å². The molecule has 1 aromatic heterocycles. The molecule has 1 aliphatic rings. The van der Waals surface area contributed by atoms with Crippen molar-refractivity contribution in [3.8, 4) is 11.4 Å². The van der Waals surface area contributed by atoms with E-state index in [1.165, 1.54) is 0 Å². The lowest BCUT2D eigenvalue weighted by Crippen LogP contribution is -2.26. The summed E-state index contributed by atoms with van der Waals surface area (Å²) < 4.78 is 42.3. The van der Waals surface area contributed by atoms with Crippen LogP contribution in [0.3, 0.4) is 0 Å². The van der Waals surface area contributed by atoms with E-state index in [2.05, 4.69) is 4.74 Å². The summed E-state index contributed by atoms with van der Waals surface area (Å²) >= 11 is 5.79. The molecule has 0 saturated heterocycles. The van der Waals surface area contributed by atoms with Gasteiger partial charge in [-0.15, -0.1) is 13.2 Å². The highest BCUT2D eigenvalue weighted by molar-refractivity contribution is 6.30. The molecule has 1 aromatic carbocycles. The molecule has 7 nitrogen and oxygen atoms in total. The van der Waals surface area contributed by atoms with Crippen molar-refractivity contribution in [1.82, 2.24) is 9.88 Å². The molecule has 0 bridgehead atoms. The van der Waals surface area contributed by atoms with Gasteiger partial charge >= 0.3 is 6.36 Å². The van der Waals surface area contributed by atoms with Gasteiger partial charge in [0.25, 0.3) is 17.4 Å². The van der Waals surface area contributed by atoms with Crippen LogP contribution in [-0.4, -0.2) is 22.7 Å². The number of alkyl halides is 3. The summed E-state index contributed by atoms with van der Waals surface area (Å²) in [6.07, 6.45) is -5.04. The summed E-state index contributed by atoms with van der Waals surface area (Å²) in [6.45, 7) is 0. The second kappa shape index (κ2) is 5.52. The van der Waals surface area contributed by atoms with Gasteiger partial charge in [-0.05, 0) is 18.2 Å². The summed E-state index contributed by atoms with van der Waals surface area (Å²) in [7, 11) is 0. The van der Waals surface area contributed by atoms with Crippen molar-refractivity contribution in [2.45, 2.75) is 6.36 Å². The Morgan fingerprint density at radius 1 is 1.12 bits per heavy atom. The molecule has 1 aliphatic heterocycles. The number of imide groups is 1. The molecule has 0 unspecified atom stereocenters. The zero-order chi connectivity index (χ0) is 18.5. The number of benzene rings is 1. The van der Waals surface area contributed by atoms with Crippen LogP contribution in [0, 0.1) is 0 Å². The first-order valence-electron chi connectivity index (χ1n) is 6.55. The second-order valence-electron chi connectivity index (χ2n) is 4.93. The van der Waals surface area contributed by atoms with E-state index >= 15 is 0 Å². The molecule has 0 fully saturated rings. The third-order valence-corrected chi connectivity index (χ3v) is 3.58. The summed E-state index contributed by atoms with van der Waals surface area (Å²) in [4.78, 5) is 35.7. The van der Waals surface area contributed by atoms with Crippen molar-refractivity contribution in [3.05, 3.63) is 50.8 Å². The van der Waals surface area contributed by atoms with E-state index in [0.29, 0.717) is 4.57 Å². The quantitative estimate of drug-likeness (QED) is 0.782. The lowest BCUT2D eigenvalue weighted by atomic mass is 10.1. The van der Waals surface area contributed by atoms with Gasteiger partial charge in [0.15, 0.2) is 5.75 Å². The van der Waals surface area contributed by atoms with Crippen LogP contribution in [-0.2, 0) is 0 Å². The van der Waals surface area contributed by atoms with Crippen molar-refractivity contribution in [3.63, 3.8) is 0 Å². The third-order valence-electron chi connectivity index (χ3n) is 3.34. The number of carbonyl (C=O) groups is 2. The summed E-state index contributed by atoms with van der Waals surface area (Å²) in [6, 6.07) is 3.83. The van der Waals surface area contributed by atoms with Crippen LogP contribution in [0.25, 0.3) is 5.69 Å². The van der Waals surface area contributed by atoms with Gasteiger partial charge in [0.2, 0.25) is 0 Å². The minimum Gasteiger partial charge on any atom is -0.404 e. The molecule has 2 heterocycles. The van der Waals surface area contributed by atoms with Crippen LogP contribution >= 0.6 is 11.6 Å². The number of nitrogens with two attached hydrogens (primary N) is 1. The maximum atomic E-state index is 12.6. The Kier molecular flexibility index (Phi) is 3.72. The molecule has 2 amide bonds.